The largest absolute Gasteiger partial charge is 0.494 e. The van der Waals surface area contributed by atoms with E-state index in [2.05, 4.69) is 15.0 Å². The molecule has 0 radical (unpaired) electrons. The summed E-state index contributed by atoms with van der Waals surface area (Å²) in [6.07, 6.45) is 0. The number of carbonyl (C=O) groups is 1. The first-order valence-corrected chi connectivity index (χ1v) is 15.5. The molecule has 0 spiro atoms. The van der Waals surface area contributed by atoms with E-state index >= 15 is 0 Å². The number of carbonyl (C=O) groups excluding carboxylic acids is 1. The summed E-state index contributed by atoms with van der Waals surface area (Å²) in [5, 5.41) is 2.87. The van der Waals surface area contributed by atoms with E-state index in [-0.39, 0.29) is 56.4 Å². The van der Waals surface area contributed by atoms with E-state index < -0.39 is 39.1 Å². The van der Waals surface area contributed by atoms with Crippen molar-refractivity contribution in [3.63, 3.8) is 0 Å². The Kier molecular flexibility index (Phi) is 7.60. The molecule has 1 amide bonds. The van der Waals surface area contributed by atoms with Crippen molar-refractivity contribution in [3.8, 4) is 33.9 Å². The summed E-state index contributed by atoms with van der Waals surface area (Å²) in [6.45, 7) is 1.45. The van der Waals surface area contributed by atoms with Crippen LogP contribution >= 0.6 is 0 Å². The van der Waals surface area contributed by atoms with Gasteiger partial charge >= 0.3 is 5.69 Å². The molecule has 6 rings (SSSR count). The molecule has 0 fully saturated rings. The number of hydrogen-bond acceptors (Lipinski definition) is 6. The summed E-state index contributed by atoms with van der Waals surface area (Å²) in [5.41, 5.74) is 0.869. The Morgan fingerprint density at radius 2 is 1.65 bits per heavy atom. The minimum Gasteiger partial charge on any atom is -0.494 e. The van der Waals surface area contributed by atoms with Crippen LogP contribution in [0.25, 0.3) is 50.1 Å². The van der Waals surface area contributed by atoms with Gasteiger partial charge in [-0.05, 0) is 67.1 Å². The third kappa shape index (κ3) is 5.36. The second-order valence-corrected chi connectivity index (χ2v) is 12.3. The number of amides is 1. The van der Waals surface area contributed by atoms with E-state index in [4.69, 9.17) is 9.15 Å². The highest BCUT2D eigenvalue weighted by molar-refractivity contribution is 7.92. The number of sulfonamides is 1. The van der Waals surface area contributed by atoms with E-state index in [9.17, 15) is 31.2 Å². The van der Waals surface area contributed by atoms with Crippen molar-refractivity contribution < 1.29 is 35.5 Å². The van der Waals surface area contributed by atoms with Gasteiger partial charge in [0.25, 0.3) is 5.91 Å². The fraction of sp³-hybridized carbons (Fsp3) is 0.125. The van der Waals surface area contributed by atoms with Crippen molar-refractivity contribution >= 4 is 43.6 Å². The van der Waals surface area contributed by atoms with Gasteiger partial charge in [0, 0.05) is 35.7 Å². The number of nitrogens with zero attached hydrogens (tertiary/aromatic N) is 1. The molecule has 2 aromatic heterocycles. The van der Waals surface area contributed by atoms with Crippen molar-refractivity contribution in [1.82, 2.24) is 14.9 Å². The fourth-order valence-electron chi connectivity index (χ4n) is 5.28. The Bertz CT molecular complexity index is 2320. The highest BCUT2D eigenvalue weighted by Gasteiger charge is 2.25. The quantitative estimate of drug-likeness (QED) is 0.187. The van der Waals surface area contributed by atoms with Gasteiger partial charge in [-0.25, -0.2) is 26.4 Å². The average Bonchev–Trinajstić information content (AvgIpc) is 3.56. The Morgan fingerprint density at radius 1 is 0.957 bits per heavy atom. The van der Waals surface area contributed by atoms with Gasteiger partial charge in [-0.15, -0.1) is 0 Å². The number of aromatic nitrogens is 2. The molecular formula is C32H25F3N4O6S. The van der Waals surface area contributed by atoms with Gasteiger partial charge in [0.15, 0.2) is 0 Å². The van der Waals surface area contributed by atoms with Crippen molar-refractivity contribution in [2.24, 2.45) is 0 Å². The predicted molar refractivity (Wildman–Crippen MR) is 167 cm³/mol. The molecule has 46 heavy (non-hydrogen) atoms. The van der Waals surface area contributed by atoms with E-state index in [0.29, 0.717) is 22.6 Å². The summed E-state index contributed by atoms with van der Waals surface area (Å²) in [4.78, 5) is 28.9. The number of nitrogens with one attached hydrogen (secondary N) is 3. The molecule has 0 saturated heterocycles. The zero-order chi connectivity index (χ0) is 32.9. The van der Waals surface area contributed by atoms with Gasteiger partial charge in [0.05, 0.1) is 35.3 Å². The number of imidazole rings is 1. The van der Waals surface area contributed by atoms with Gasteiger partial charge in [-0.3, -0.25) is 14.1 Å². The minimum atomic E-state index is -3.86. The average molecular weight is 651 g/mol. The second-order valence-electron chi connectivity index (χ2n) is 10.3. The van der Waals surface area contributed by atoms with Crippen LogP contribution < -0.4 is 20.5 Å². The molecular weight excluding hydrogens is 625 g/mol. The maximum Gasteiger partial charge on any atom is 0.331 e. The molecule has 3 N–H and O–H groups in total. The van der Waals surface area contributed by atoms with Gasteiger partial charge in [0.2, 0.25) is 10.0 Å². The summed E-state index contributed by atoms with van der Waals surface area (Å²) >= 11 is 0. The molecule has 0 unspecified atom stereocenters. The van der Waals surface area contributed by atoms with E-state index in [1.807, 2.05) is 0 Å². The number of aromatic amines is 1. The number of benzene rings is 4. The zero-order valence-electron chi connectivity index (χ0n) is 24.5. The lowest BCUT2D eigenvalue weighted by Gasteiger charge is -2.15. The number of ether oxygens (including phenoxy) is 1. The van der Waals surface area contributed by atoms with Crippen LogP contribution in [0, 0.1) is 17.5 Å². The lowest BCUT2D eigenvalue weighted by Crippen LogP contribution is -2.18. The van der Waals surface area contributed by atoms with Crippen molar-refractivity contribution in [1.29, 1.82) is 0 Å². The molecule has 10 nitrogen and oxygen atoms in total. The molecule has 0 bridgehead atoms. The van der Waals surface area contributed by atoms with E-state index in [1.54, 1.807) is 12.1 Å². The molecule has 0 aliphatic carbocycles. The molecule has 14 heteroatoms. The third-order valence-electron chi connectivity index (χ3n) is 7.43. The van der Waals surface area contributed by atoms with Gasteiger partial charge < -0.3 is 19.5 Å². The highest BCUT2D eigenvalue weighted by Crippen LogP contribution is 2.42. The summed E-state index contributed by atoms with van der Waals surface area (Å²) < 4.78 is 83.0. The maximum absolute atomic E-state index is 14.2. The number of furan rings is 1. The monoisotopic (exact) mass is 650 g/mol. The SMILES string of the molecule is CCS(=O)(=O)Nc1cc2oc(-c3ccc(F)cc3)c(C(=O)NC)c2cc1-c1cc(OC)c2[nH]c(=O)n(-c3cc(F)cc(F)c3)c2c1. The first-order valence-electron chi connectivity index (χ1n) is 13.8. The van der Waals surface area contributed by atoms with Crippen LogP contribution in [0.3, 0.4) is 0 Å². The Labute approximate surface area is 259 Å². The molecule has 4 aromatic carbocycles. The van der Waals surface area contributed by atoms with Crippen LogP contribution in [0.5, 0.6) is 5.75 Å². The van der Waals surface area contributed by atoms with Gasteiger partial charge in [-0.1, -0.05) is 0 Å². The summed E-state index contributed by atoms with van der Waals surface area (Å²) in [5.74, 6) is -2.80. The number of methoxy groups -OCH3 is 1. The van der Waals surface area contributed by atoms with Crippen LogP contribution in [0.1, 0.15) is 17.3 Å². The lowest BCUT2D eigenvalue weighted by atomic mass is 9.98. The van der Waals surface area contributed by atoms with Crippen LogP contribution in [-0.4, -0.2) is 43.8 Å². The molecule has 236 valence electrons. The van der Waals surface area contributed by atoms with Crippen LogP contribution in [0.2, 0.25) is 0 Å². The number of anilines is 1. The molecule has 0 aliphatic rings. The number of rotatable bonds is 8. The number of halogens is 3. The Balaban J connectivity index is 1.69. The summed E-state index contributed by atoms with van der Waals surface area (Å²) in [7, 11) is -1.07. The lowest BCUT2D eigenvalue weighted by molar-refractivity contribution is 0.0964. The van der Waals surface area contributed by atoms with Gasteiger partial charge in [0.1, 0.15) is 40.1 Å². The minimum absolute atomic E-state index is 0.0693. The molecule has 0 saturated carbocycles. The molecule has 0 atom stereocenters. The van der Waals surface area contributed by atoms with Crippen LogP contribution in [-0.2, 0) is 10.0 Å². The third-order valence-corrected chi connectivity index (χ3v) is 8.72. The van der Waals surface area contributed by atoms with Crippen molar-refractivity contribution in [2.45, 2.75) is 6.92 Å². The molecule has 6 aromatic rings. The summed E-state index contributed by atoms with van der Waals surface area (Å²) in [6, 6.07) is 14.0. The topological polar surface area (TPSA) is 135 Å². The van der Waals surface area contributed by atoms with Gasteiger partial charge in [-0.2, -0.15) is 0 Å². The Morgan fingerprint density at radius 3 is 2.28 bits per heavy atom. The molecule has 2 heterocycles. The standard InChI is InChI=1S/C32H25F3N4O6S/c1-4-46(42,43)38-24-15-26-23(28(31(40)36-2)30(45-26)16-5-7-18(33)8-6-16)14-22(24)17-9-25-29(27(10-17)44-3)37-32(41)39(25)21-12-19(34)11-20(35)13-21/h5-15,38H,4H2,1-3H3,(H,36,40)(H,37,41). The normalized spacial score (nSPS) is 11.7. The van der Waals surface area contributed by atoms with Crippen LogP contribution in [0.4, 0.5) is 18.9 Å². The number of hydrogen-bond donors (Lipinski definition) is 3. The van der Waals surface area contributed by atoms with Crippen molar-refractivity contribution in [2.75, 3.05) is 24.6 Å². The first-order chi connectivity index (χ1) is 21.9. The first kappa shape index (κ1) is 30.5. The highest BCUT2D eigenvalue weighted by atomic mass is 32.2. The maximum atomic E-state index is 14.2. The second kappa shape index (κ2) is 11.5. The van der Waals surface area contributed by atoms with E-state index in [1.165, 1.54) is 57.5 Å². The number of fused-ring (bicyclic) bond motifs is 2. The predicted octanol–water partition coefficient (Wildman–Crippen LogP) is 5.95. The number of H-pyrrole nitrogens is 1. The molecule has 0 aliphatic heterocycles. The van der Waals surface area contributed by atoms with Crippen LogP contribution in [0.15, 0.2) is 75.9 Å². The van der Waals surface area contributed by atoms with Crippen molar-refractivity contribution in [3.05, 3.63) is 100 Å². The smallest absolute Gasteiger partial charge is 0.331 e. The Hall–Kier alpha value is -5.50. The van der Waals surface area contributed by atoms with E-state index in [0.717, 1.165) is 16.7 Å². The zero-order valence-corrected chi connectivity index (χ0v) is 25.3. The fourth-order valence-corrected chi connectivity index (χ4v) is 5.93.